The summed E-state index contributed by atoms with van der Waals surface area (Å²) < 4.78 is 15.2. The Bertz CT molecular complexity index is 1460. The number of nitrogens with zero attached hydrogens (tertiary/aromatic N) is 3. The number of hydrogen-bond acceptors (Lipinski definition) is 7. The Hall–Kier alpha value is -4.23. The molecule has 2 aromatic rings. The van der Waals surface area contributed by atoms with E-state index in [-0.39, 0.29) is 30.4 Å². The number of carboxylic acids is 1. The number of nitrogens with one attached hydrogen (secondary N) is 1. The summed E-state index contributed by atoms with van der Waals surface area (Å²) in [6.45, 7) is 0.660. The number of aromatic nitrogens is 1. The first-order valence-corrected chi connectivity index (χ1v) is 13.1. The number of carboxylic acid groups (broad SMARTS) is 1. The second-order valence-electron chi connectivity index (χ2n) is 9.36. The standard InChI is InChI=1S/C26H24FN5O6S/c27-18-9-17(3-4-19(18)33)29-20(34)12-30-6-1-2-14(10-30)11-31-7-5-15(23(31)35)8-16-13-39-25-21(28)24(36)32(25)22(16)26(37)38/h1-4,6,8-10,21,25H,5,7,11-13,28H2,(H2-,29,33,34,37,38)/p+1/t21-,25-/m1/s1. The van der Waals surface area contributed by atoms with Crippen molar-refractivity contribution in [3.8, 4) is 5.75 Å². The number of carbonyl (C=O) groups is 4. The molecule has 2 saturated heterocycles. The van der Waals surface area contributed by atoms with Gasteiger partial charge in [0.15, 0.2) is 24.0 Å². The number of hydrogen-bond donors (Lipinski definition) is 4. The fourth-order valence-electron chi connectivity index (χ4n) is 4.75. The third kappa shape index (κ3) is 5.22. The predicted octanol–water partition coefficient (Wildman–Crippen LogP) is 0.697. The molecule has 1 aromatic heterocycles. The minimum absolute atomic E-state index is 0.0565. The Labute approximate surface area is 226 Å². The van der Waals surface area contributed by atoms with Crippen LogP contribution in [0.2, 0.25) is 0 Å². The summed E-state index contributed by atoms with van der Waals surface area (Å²) in [6.07, 6.45) is 5.42. The van der Waals surface area contributed by atoms with Gasteiger partial charge in [-0.25, -0.2) is 9.18 Å². The van der Waals surface area contributed by atoms with Crippen LogP contribution in [0.3, 0.4) is 0 Å². The van der Waals surface area contributed by atoms with Crippen LogP contribution in [0, 0.1) is 5.82 Å². The van der Waals surface area contributed by atoms with Crippen molar-refractivity contribution in [2.45, 2.75) is 30.9 Å². The summed E-state index contributed by atoms with van der Waals surface area (Å²) in [5, 5.41) is 21.2. The monoisotopic (exact) mass is 554 g/mol. The molecule has 3 aliphatic rings. The van der Waals surface area contributed by atoms with Crippen molar-refractivity contribution in [2.24, 2.45) is 5.73 Å². The molecule has 2 atom stereocenters. The molecule has 0 spiro atoms. The Morgan fingerprint density at radius 3 is 2.82 bits per heavy atom. The molecule has 2 fully saturated rings. The third-order valence-corrected chi connectivity index (χ3v) is 7.98. The number of nitrogens with two attached hydrogens (primary N) is 1. The molecule has 5 rings (SSSR count). The lowest BCUT2D eigenvalue weighted by Crippen LogP contribution is -2.68. The predicted molar refractivity (Wildman–Crippen MR) is 137 cm³/mol. The van der Waals surface area contributed by atoms with E-state index in [4.69, 9.17) is 5.73 Å². The first-order chi connectivity index (χ1) is 18.6. The van der Waals surface area contributed by atoms with Gasteiger partial charge in [0.25, 0.3) is 5.91 Å². The van der Waals surface area contributed by atoms with Crippen LogP contribution < -0.4 is 15.6 Å². The number of pyridine rings is 1. The van der Waals surface area contributed by atoms with Crippen LogP contribution in [-0.4, -0.2) is 67.4 Å². The summed E-state index contributed by atoms with van der Waals surface area (Å²) in [4.78, 5) is 52.4. The maximum absolute atomic E-state index is 13.5. The summed E-state index contributed by atoms with van der Waals surface area (Å²) in [5.74, 6) is -3.32. The molecule has 0 saturated carbocycles. The highest BCUT2D eigenvalue weighted by atomic mass is 32.2. The van der Waals surface area contributed by atoms with Gasteiger partial charge < -0.3 is 26.2 Å². The average Bonchev–Trinajstić information content (AvgIpc) is 3.23. The highest BCUT2D eigenvalue weighted by Gasteiger charge is 2.51. The Morgan fingerprint density at radius 1 is 1.28 bits per heavy atom. The van der Waals surface area contributed by atoms with Gasteiger partial charge in [-0.1, -0.05) is 0 Å². The minimum Gasteiger partial charge on any atom is -0.505 e. The molecule has 0 bridgehead atoms. The average molecular weight is 555 g/mol. The summed E-state index contributed by atoms with van der Waals surface area (Å²) in [7, 11) is 0. The van der Waals surface area contributed by atoms with Crippen molar-refractivity contribution in [1.82, 2.24) is 9.80 Å². The normalized spacial score (nSPS) is 21.7. The van der Waals surface area contributed by atoms with Crippen molar-refractivity contribution >= 4 is 41.1 Å². The maximum Gasteiger partial charge on any atom is 0.352 e. The number of halogens is 1. The number of anilines is 1. The number of aliphatic carboxylic acids is 1. The van der Waals surface area contributed by atoms with Gasteiger partial charge in [0.1, 0.15) is 17.1 Å². The number of thioether (sulfide) groups is 1. The van der Waals surface area contributed by atoms with Gasteiger partial charge in [-0.15, -0.1) is 11.8 Å². The number of benzene rings is 1. The lowest BCUT2D eigenvalue weighted by molar-refractivity contribution is -0.684. The van der Waals surface area contributed by atoms with Crippen molar-refractivity contribution < 1.29 is 38.3 Å². The molecular weight excluding hydrogens is 529 g/mol. The van der Waals surface area contributed by atoms with Crippen LogP contribution in [0.15, 0.2) is 65.6 Å². The molecule has 11 nitrogen and oxygen atoms in total. The summed E-state index contributed by atoms with van der Waals surface area (Å²) >= 11 is 1.37. The molecule has 0 radical (unpaired) electrons. The fraction of sp³-hybridized carbons (Fsp3) is 0.269. The van der Waals surface area contributed by atoms with Crippen molar-refractivity contribution in [2.75, 3.05) is 17.6 Å². The summed E-state index contributed by atoms with van der Waals surface area (Å²) in [6, 6.07) is 6.40. The van der Waals surface area contributed by atoms with Crippen LogP contribution >= 0.6 is 11.8 Å². The van der Waals surface area contributed by atoms with Crippen LogP contribution in [0.4, 0.5) is 10.1 Å². The SMILES string of the molecule is N[C@@H]1C(=O)N2C(C(=O)O)=C(C=C3CCN(Cc4ccc[n+](CC(=O)Nc5ccc(O)c(F)c5)c4)C3=O)CS[C@H]12. The number of likely N-dealkylation sites (tertiary alicyclic amines) is 1. The molecule has 39 heavy (non-hydrogen) atoms. The van der Waals surface area contributed by atoms with Gasteiger partial charge in [0.2, 0.25) is 18.4 Å². The number of aromatic hydroxyl groups is 1. The Kier molecular flexibility index (Phi) is 7.10. The third-order valence-electron chi connectivity index (χ3n) is 6.65. The van der Waals surface area contributed by atoms with E-state index in [1.165, 1.54) is 22.7 Å². The fourth-order valence-corrected chi connectivity index (χ4v) is 6.00. The second kappa shape index (κ2) is 10.5. The Morgan fingerprint density at radius 2 is 2.08 bits per heavy atom. The molecule has 0 unspecified atom stereocenters. The number of allylic oxidation sites excluding steroid dienone is 1. The lowest BCUT2D eigenvalue weighted by Gasteiger charge is -2.47. The molecule has 4 heterocycles. The molecule has 5 N–H and O–H groups in total. The zero-order valence-electron chi connectivity index (χ0n) is 20.5. The van der Waals surface area contributed by atoms with E-state index in [0.717, 1.165) is 17.7 Å². The number of carbonyl (C=O) groups excluding carboxylic acids is 3. The van der Waals surface area contributed by atoms with Gasteiger partial charge in [-0.2, -0.15) is 4.57 Å². The number of amides is 3. The first-order valence-electron chi connectivity index (χ1n) is 12.1. The maximum atomic E-state index is 13.5. The largest absolute Gasteiger partial charge is 0.505 e. The zero-order valence-corrected chi connectivity index (χ0v) is 21.4. The van der Waals surface area contributed by atoms with Gasteiger partial charge in [-0.3, -0.25) is 19.3 Å². The van der Waals surface area contributed by atoms with E-state index in [9.17, 15) is 33.8 Å². The van der Waals surface area contributed by atoms with E-state index in [0.29, 0.717) is 29.9 Å². The van der Waals surface area contributed by atoms with Crippen LogP contribution in [0.5, 0.6) is 5.75 Å². The van der Waals surface area contributed by atoms with E-state index in [1.54, 1.807) is 34.0 Å². The van der Waals surface area contributed by atoms with Crippen LogP contribution in [0.25, 0.3) is 0 Å². The number of rotatable bonds is 7. The topological polar surface area (TPSA) is 157 Å². The molecule has 3 amide bonds. The van der Waals surface area contributed by atoms with Gasteiger partial charge in [0.05, 0.1) is 6.54 Å². The van der Waals surface area contributed by atoms with Crippen LogP contribution in [-0.2, 0) is 32.3 Å². The van der Waals surface area contributed by atoms with E-state index in [2.05, 4.69) is 5.32 Å². The molecular formula is C26H25FN5O6S+. The smallest absolute Gasteiger partial charge is 0.352 e. The number of phenols is 1. The molecule has 0 aliphatic carbocycles. The molecule has 202 valence electrons. The molecule has 13 heteroatoms. The molecule has 1 aromatic carbocycles. The van der Waals surface area contributed by atoms with E-state index in [1.807, 2.05) is 6.07 Å². The summed E-state index contributed by atoms with van der Waals surface area (Å²) in [5.41, 5.74) is 7.53. The van der Waals surface area contributed by atoms with Crippen molar-refractivity contribution in [3.05, 3.63) is 77.0 Å². The number of phenolic OH excluding ortho intramolecular Hbond substituents is 1. The number of β-lactam (4-membered cyclic amide) rings is 1. The highest BCUT2D eigenvalue weighted by Crippen LogP contribution is 2.40. The van der Waals surface area contributed by atoms with Gasteiger partial charge >= 0.3 is 5.97 Å². The van der Waals surface area contributed by atoms with E-state index < -0.39 is 40.8 Å². The van der Waals surface area contributed by atoms with Gasteiger partial charge in [-0.05, 0) is 36.3 Å². The van der Waals surface area contributed by atoms with Crippen LogP contribution in [0.1, 0.15) is 12.0 Å². The number of fused-ring (bicyclic) bond motifs is 1. The first kappa shape index (κ1) is 26.4. The van der Waals surface area contributed by atoms with Crippen molar-refractivity contribution in [3.63, 3.8) is 0 Å². The zero-order chi connectivity index (χ0) is 27.8. The van der Waals surface area contributed by atoms with Gasteiger partial charge in [0, 0.05) is 41.3 Å². The van der Waals surface area contributed by atoms with Crippen molar-refractivity contribution in [1.29, 1.82) is 0 Å². The second-order valence-corrected chi connectivity index (χ2v) is 10.5. The lowest BCUT2D eigenvalue weighted by atomic mass is 10.0. The van der Waals surface area contributed by atoms with E-state index >= 15 is 0 Å². The highest BCUT2D eigenvalue weighted by molar-refractivity contribution is 8.00. The Balaban J connectivity index is 1.25. The molecule has 3 aliphatic heterocycles. The minimum atomic E-state index is -1.23. The quantitative estimate of drug-likeness (QED) is 0.169.